The molecule has 0 bridgehead atoms. The summed E-state index contributed by atoms with van der Waals surface area (Å²) in [5.41, 5.74) is -0.961. The zero-order chi connectivity index (χ0) is 29.7. The highest BCUT2D eigenvalue weighted by atomic mass is 35.5. The zero-order valence-corrected chi connectivity index (χ0v) is 23.8. The third-order valence-corrected chi connectivity index (χ3v) is 8.45. The molecule has 13 heteroatoms. The third-order valence-electron chi connectivity index (χ3n) is 5.93. The largest absolute Gasteiger partial charge is 0.416 e. The molecule has 3 aromatic carbocycles. The summed E-state index contributed by atoms with van der Waals surface area (Å²) in [5, 5.41) is 3.09. The van der Waals surface area contributed by atoms with Crippen molar-refractivity contribution in [2.75, 3.05) is 17.4 Å². The molecule has 0 heterocycles. The van der Waals surface area contributed by atoms with E-state index < -0.39 is 46.2 Å². The summed E-state index contributed by atoms with van der Waals surface area (Å²) in [6, 6.07) is 14.2. The number of amides is 2. The predicted molar refractivity (Wildman–Crippen MR) is 148 cm³/mol. The number of likely N-dealkylation sites (N-methyl/N-ethyl adjacent to an activating group) is 1. The quantitative estimate of drug-likeness (QED) is 0.314. The number of sulfonamides is 1. The smallest absolute Gasteiger partial charge is 0.355 e. The van der Waals surface area contributed by atoms with Crippen LogP contribution in [0.3, 0.4) is 0 Å². The Bertz CT molecular complexity index is 1470. The maximum atomic E-state index is 13.8. The monoisotopic (exact) mass is 615 g/mol. The third kappa shape index (κ3) is 7.47. The van der Waals surface area contributed by atoms with E-state index in [0.29, 0.717) is 15.9 Å². The lowest BCUT2D eigenvalue weighted by molar-refractivity contribution is -0.139. The first kappa shape index (κ1) is 31.3. The van der Waals surface area contributed by atoms with Gasteiger partial charge in [-0.1, -0.05) is 53.5 Å². The van der Waals surface area contributed by atoms with Gasteiger partial charge in [0.1, 0.15) is 12.6 Å². The first-order valence-electron chi connectivity index (χ1n) is 12.0. The number of halogens is 5. The van der Waals surface area contributed by atoms with Crippen LogP contribution in [0.4, 0.5) is 18.9 Å². The van der Waals surface area contributed by atoms with E-state index in [2.05, 4.69) is 5.32 Å². The molecule has 0 saturated carbocycles. The van der Waals surface area contributed by atoms with Crippen LogP contribution in [0.1, 0.15) is 25.0 Å². The molecule has 2 amide bonds. The average Bonchev–Trinajstić information content (AvgIpc) is 2.92. The van der Waals surface area contributed by atoms with E-state index >= 15 is 0 Å². The molecule has 0 radical (unpaired) electrons. The van der Waals surface area contributed by atoms with Gasteiger partial charge in [-0.05, 0) is 61.9 Å². The van der Waals surface area contributed by atoms with E-state index in [4.69, 9.17) is 23.2 Å². The van der Waals surface area contributed by atoms with E-state index in [-0.39, 0.29) is 33.7 Å². The summed E-state index contributed by atoms with van der Waals surface area (Å²) in [6.45, 7) is 2.38. The number of anilines is 1. The fraction of sp³-hybridized carbons (Fsp3) is 0.259. The van der Waals surface area contributed by atoms with Crippen molar-refractivity contribution in [1.29, 1.82) is 0 Å². The summed E-state index contributed by atoms with van der Waals surface area (Å²) in [6.07, 6.45) is -4.76. The number of nitrogens with zero attached hydrogens (tertiary/aromatic N) is 2. The van der Waals surface area contributed by atoms with Crippen molar-refractivity contribution in [1.82, 2.24) is 10.2 Å². The van der Waals surface area contributed by atoms with Gasteiger partial charge >= 0.3 is 6.18 Å². The predicted octanol–water partition coefficient (Wildman–Crippen LogP) is 5.76. The summed E-state index contributed by atoms with van der Waals surface area (Å²) in [7, 11) is -4.51. The van der Waals surface area contributed by atoms with Crippen LogP contribution < -0.4 is 9.62 Å². The lowest BCUT2D eigenvalue weighted by atomic mass is 10.1. The minimum Gasteiger partial charge on any atom is -0.355 e. The maximum absolute atomic E-state index is 13.8. The fourth-order valence-electron chi connectivity index (χ4n) is 3.83. The number of benzene rings is 3. The second-order valence-electron chi connectivity index (χ2n) is 8.71. The Labute approximate surface area is 240 Å². The molecule has 0 aliphatic heterocycles. The average molecular weight is 616 g/mol. The van der Waals surface area contributed by atoms with Crippen molar-refractivity contribution in [2.24, 2.45) is 0 Å². The van der Waals surface area contributed by atoms with Crippen LogP contribution in [0.25, 0.3) is 0 Å². The number of carbonyl (C=O) groups excluding carboxylic acids is 2. The number of rotatable bonds is 10. The highest BCUT2D eigenvalue weighted by Gasteiger charge is 2.35. The SMILES string of the molecule is CCNC(=O)C(C)N(Cc1ccc(Cl)c(Cl)c1)C(=O)CN(c1cccc(C(F)(F)F)c1)S(=O)(=O)c1ccccc1. The molecule has 0 aromatic heterocycles. The van der Waals surface area contributed by atoms with E-state index in [9.17, 15) is 31.2 Å². The maximum Gasteiger partial charge on any atom is 0.416 e. The number of nitrogens with one attached hydrogen (secondary N) is 1. The van der Waals surface area contributed by atoms with E-state index in [1.54, 1.807) is 19.1 Å². The molecule has 214 valence electrons. The standard InChI is InChI=1S/C27H26Cl2F3N3O4S/c1-3-33-26(37)18(2)34(16-19-12-13-23(28)24(29)14-19)25(36)17-35(40(38,39)22-10-5-4-6-11-22)21-9-7-8-20(15-21)27(30,31)32/h4-15,18H,3,16-17H2,1-2H3,(H,33,37). The Morgan fingerprint density at radius 2 is 1.62 bits per heavy atom. The van der Waals surface area contributed by atoms with Crippen LogP contribution in [0.2, 0.25) is 10.0 Å². The highest BCUT2D eigenvalue weighted by Crippen LogP contribution is 2.33. The molecule has 1 unspecified atom stereocenters. The molecule has 7 nitrogen and oxygen atoms in total. The summed E-state index contributed by atoms with van der Waals surface area (Å²) >= 11 is 12.1. The van der Waals surface area contributed by atoms with Gasteiger partial charge in [-0.3, -0.25) is 13.9 Å². The Balaban J connectivity index is 2.09. The van der Waals surface area contributed by atoms with Gasteiger partial charge in [0.15, 0.2) is 0 Å². The van der Waals surface area contributed by atoms with Gasteiger partial charge in [0.2, 0.25) is 11.8 Å². The van der Waals surface area contributed by atoms with Gasteiger partial charge in [-0.25, -0.2) is 8.42 Å². The van der Waals surface area contributed by atoms with Crippen LogP contribution in [0.5, 0.6) is 0 Å². The number of hydrogen-bond acceptors (Lipinski definition) is 4. The van der Waals surface area contributed by atoms with E-state index in [1.165, 1.54) is 49.4 Å². The Hall–Kier alpha value is -3.28. The van der Waals surface area contributed by atoms with Gasteiger partial charge in [0.25, 0.3) is 10.0 Å². The molecule has 1 N–H and O–H groups in total. The lowest BCUT2D eigenvalue weighted by Crippen LogP contribution is -2.51. The Kier molecular flexibility index (Phi) is 10.1. The van der Waals surface area contributed by atoms with Crippen LogP contribution in [-0.4, -0.2) is 44.3 Å². The summed E-state index contributed by atoms with van der Waals surface area (Å²) < 4.78 is 68.4. The molecule has 0 saturated heterocycles. The van der Waals surface area contributed by atoms with Gasteiger partial charge in [-0.15, -0.1) is 0 Å². The van der Waals surface area contributed by atoms with Gasteiger partial charge < -0.3 is 10.2 Å². The van der Waals surface area contributed by atoms with E-state index in [0.717, 1.165) is 17.0 Å². The van der Waals surface area contributed by atoms with Gasteiger partial charge in [0, 0.05) is 13.1 Å². The molecule has 0 aliphatic carbocycles. The Morgan fingerprint density at radius 1 is 0.950 bits per heavy atom. The molecular formula is C27H26Cl2F3N3O4S. The van der Waals surface area contributed by atoms with Crippen LogP contribution in [-0.2, 0) is 32.3 Å². The van der Waals surface area contributed by atoms with Crippen LogP contribution in [0.15, 0.2) is 77.7 Å². The number of hydrogen-bond donors (Lipinski definition) is 1. The minimum atomic E-state index is -4.76. The molecule has 0 fully saturated rings. The van der Waals surface area contributed by atoms with Gasteiger partial charge in [0.05, 0.1) is 26.2 Å². The molecule has 3 rings (SSSR count). The summed E-state index contributed by atoms with van der Waals surface area (Å²) in [5.74, 6) is -1.34. The van der Waals surface area contributed by atoms with Crippen molar-refractivity contribution >= 4 is 50.7 Å². The fourth-order valence-corrected chi connectivity index (χ4v) is 5.57. The first-order valence-corrected chi connectivity index (χ1v) is 14.2. The van der Waals surface area contributed by atoms with Crippen LogP contribution >= 0.6 is 23.2 Å². The second-order valence-corrected chi connectivity index (χ2v) is 11.4. The molecule has 40 heavy (non-hydrogen) atoms. The van der Waals surface area contributed by atoms with Crippen molar-refractivity contribution in [3.63, 3.8) is 0 Å². The van der Waals surface area contributed by atoms with Crippen molar-refractivity contribution < 1.29 is 31.2 Å². The molecule has 0 aliphatic rings. The normalized spacial score (nSPS) is 12.5. The minimum absolute atomic E-state index is 0.157. The highest BCUT2D eigenvalue weighted by molar-refractivity contribution is 7.92. The van der Waals surface area contributed by atoms with Crippen molar-refractivity contribution in [3.8, 4) is 0 Å². The number of alkyl halides is 3. The lowest BCUT2D eigenvalue weighted by Gasteiger charge is -2.32. The van der Waals surface area contributed by atoms with Crippen molar-refractivity contribution in [2.45, 2.75) is 37.5 Å². The molecular weight excluding hydrogens is 590 g/mol. The topological polar surface area (TPSA) is 86.8 Å². The zero-order valence-electron chi connectivity index (χ0n) is 21.5. The van der Waals surface area contributed by atoms with Crippen LogP contribution in [0, 0.1) is 0 Å². The first-order chi connectivity index (χ1) is 18.8. The summed E-state index contributed by atoms with van der Waals surface area (Å²) in [4.78, 5) is 27.4. The molecule has 3 aromatic rings. The van der Waals surface area contributed by atoms with Crippen molar-refractivity contribution in [3.05, 3.63) is 94.0 Å². The molecule has 0 spiro atoms. The van der Waals surface area contributed by atoms with E-state index in [1.807, 2.05) is 0 Å². The van der Waals surface area contributed by atoms with Gasteiger partial charge in [-0.2, -0.15) is 13.2 Å². The Morgan fingerprint density at radius 3 is 2.23 bits per heavy atom. The number of carbonyl (C=O) groups is 2. The second kappa shape index (κ2) is 12.9. The molecule has 1 atom stereocenters.